The molecular formula is C14H18N2. The predicted molar refractivity (Wildman–Crippen MR) is 68.0 cm³/mol. The maximum absolute atomic E-state index is 4.68. The number of hydrogen-bond donors (Lipinski definition) is 0. The quantitative estimate of drug-likeness (QED) is 0.671. The molecule has 2 nitrogen and oxygen atoms in total. The molecule has 2 rings (SSSR count). The standard InChI is InChI=1S/C14H18N2/c1-7-9(3)13-14(15-11(7)5)10(4)8(2)12(6)16-13/h1-6H3. The first kappa shape index (κ1) is 11.1. The number of rotatable bonds is 0. The van der Waals surface area contributed by atoms with Gasteiger partial charge < -0.3 is 0 Å². The predicted octanol–water partition coefficient (Wildman–Crippen LogP) is 3.48. The van der Waals surface area contributed by atoms with Crippen LogP contribution in [0.3, 0.4) is 0 Å². The summed E-state index contributed by atoms with van der Waals surface area (Å²) >= 11 is 0. The second-order valence-electron chi connectivity index (χ2n) is 4.59. The Kier molecular flexibility index (Phi) is 2.45. The van der Waals surface area contributed by atoms with Gasteiger partial charge in [0.25, 0.3) is 0 Å². The Bertz CT molecular complexity index is 530. The van der Waals surface area contributed by atoms with Crippen molar-refractivity contribution in [2.24, 2.45) is 0 Å². The summed E-state index contributed by atoms with van der Waals surface area (Å²) in [6.45, 7) is 12.6. The van der Waals surface area contributed by atoms with Crippen molar-refractivity contribution in [3.05, 3.63) is 33.6 Å². The molecule has 0 bridgehead atoms. The maximum atomic E-state index is 4.68. The summed E-state index contributed by atoms with van der Waals surface area (Å²) in [5.41, 5.74) is 9.36. The molecule has 0 fully saturated rings. The van der Waals surface area contributed by atoms with Gasteiger partial charge in [0.15, 0.2) is 0 Å². The number of aromatic nitrogens is 2. The zero-order valence-corrected chi connectivity index (χ0v) is 10.9. The van der Waals surface area contributed by atoms with Crippen molar-refractivity contribution in [3.8, 4) is 0 Å². The van der Waals surface area contributed by atoms with E-state index < -0.39 is 0 Å². The molecular weight excluding hydrogens is 196 g/mol. The summed E-state index contributed by atoms with van der Waals surface area (Å²) in [6, 6.07) is 0. The fourth-order valence-corrected chi connectivity index (χ4v) is 2.03. The summed E-state index contributed by atoms with van der Waals surface area (Å²) in [6.07, 6.45) is 0. The van der Waals surface area contributed by atoms with Crippen molar-refractivity contribution in [3.63, 3.8) is 0 Å². The molecule has 16 heavy (non-hydrogen) atoms. The van der Waals surface area contributed by atoms with E-state index >= 15 is 0 Å². The van der Waals surface area contributed by atoms with Crippen molar-refractivity contribution < 1.29 is 0 Å². The molecule has 0 radical (unpaired) electrons. The summed E-state index contributed by atoms with van der Waals surface area (Å²) in [4.78, 5) is 9.35. The molecule has 84 valence electrons. The highest BCUT2D eigenvalue weighted by Gasteiger charge is 2.11. The Morgan fingerprint density at radius 3 is 1.12 bits per heavy atom. The number of aryl methyl sites for hydroxylation is 4. The molecule has 2 aromatic rings. The Balaban J connectivity index is 3.02. The van der Waals surface area contributed by atoms with Gasteiger partial charge in [0.05, 0.1) is 11.0 Å². The lowest BCUT2D eigenvalue weighted by atomic mass is 10.0. The molecule has 2 heterocycles. The van der Waals surface area contributed by atoms with Gasteiger partial charge in [0.1, 0.15) is 0 Å². The van der Waals surface area contributed by atoms with E-state index in [1.165, 1.54) is 22.3 Å². The fraction of sp³-hybridized carbons (Fsp3) is 0.429. The van der Waals surface area contributed by atoms with Crippen molar-refractivity contribution in [2.45, 2.75) is 41.5 Å². The van der Waals surface area contributed by atoms with Crippen LogP contribution >= 0.6 is 0 Å². The first-order valence-electron chi connectivity index (χ1n) is 5.64. The van der Waals surface area contributed by atoms with Crippen LogP contribution in [-0.4, -0.2) is 9.97 Å². The molecule has 0 N–H and O–H groups in total. The van der Waals surface area contributed by atoms with E-state index in [4.69, 9.17) is 0 Å². The van der Waals surface area contributed by atoms with E-state index in [1.807, 2.05) is 0 Å². The number of hydrogen-bond acceptors (Lipinski definition) is 2. The lowest BCUT2D eigenvalue weighted by molar-refractivity contribution is 1.10. The van der Waals surface area contributed by atoms with Gasteiger partial charge in [-0.25, -0.2) is 0 Å². The van der Waals surface area contributed by atoms with E-state index in [0.717, 1.165) is 22.4 Å². The molecule has 0 aliphatic rings. The van der Waals surface area contributed by atoms with Crippen LogP contribution in [0.2, 0.25) is 0 Å². The maximum Gasteiger partial charge on any atom is 0.0924 e. The zero-order chi connectivity index (χ0) is 12.0. The molecule has 0 aliphatic carbocycles. The average molecular weight is 214 g/mol. The summed E-state index contributed by atoms with van der Waals surface area (Å²) in [7, 11) is 0. The van der Waals surface area contributed by atoms with Crippen molar-refractivity contribution in [1.82, 2.24) is 9.97 Å². The van der Waals surface area contributed by atoms with E-state index in [2.05, 4.69) is 51.5 Å². The average Bonchev–Trinajstić information content (AvgIpc) is 2.25. The third-order valence-electron chi connectivity index (χ3n) is 3.70. The van der Waals surface area contributed by atoms with Gasteiger partial charge in [-0.2, -0.15) is 0 Å². The lowest BCUT2D eigenvalue weighted by Crippen LogP contribution is -2.01. The Morgan fingerprint density at radius 1 is 0.500 bits per heavy atom. The highest BCUT2D eigenvalue weighted by molar-refractivity contribution is 5.83. The number of pyridine rings is 2. The van der Waals surface area contributed by atoms with Crippen LogP contribution in [0.25, 0.3) is 11.0 Å². The van der Waals surface area contributed by atoms with Gasteiger partial charge >= 0.3 is 0 Å². The highest BCUT2D eigenvalue weighted by atomic mass is 14.8. The molecule has 2 heteroatoms. The highest BCUT2D eigenvalue weighted by Crippen LogP contribution is 2.25. The van der Waals surface area contributed by atoms with Gasteiger partial charge in [-0.1, -0.05) is 0 Å². The van der Waals surface area contributed by atoms with Crippen LogP contribution in [-0.2, 0) is 0 Å². The Hall–Kier alpha value is -1.44. The number of nitrogens with zero attached hydrogens (tertiary/aromatic N) is 2. The second-order valence-corrected chi connectivity index (χ2v) is 4.59. The second kappa shape index (κ2) is 3.55. The van der Waals surface area contributed by atoms with E-state index in [1.54, 1.807) is 0 Å². The first-order chi connectivity index (χ1) is 7.43. The molecule has 0 amide bonds. The minimum absolute atomic E-state index is 1.06. The summed E-state index contributed by atoms with van der Waals surface area (Å²) < 4.78 is 0. The van der Waals surface area contributed by atoms with E-state index in [-0.39, 0.29) is 0 Å². The molecule has 0 atom stereocenters. The van der Waals surface area contributed by atoms with Crippen LogP contribution in [0.4, 0.5) is 0 Å². The third-order valence-corrected chi connectivity index (χ3v) is 3.70. The Morgan fingerprint density at radius 2 is 0.812 bits per heavy atom. The zero-order valence-electron chi connectivity index (χ0n) is 10.9. The van der Waals surface area contributed by atoms with Crippen molar-refractivity contribution in [1.29, 1.82) is 0 Å². The summed E-state index contributed by atoms with van der Waals surface area (Å²) in [5, 5.41) is 0. The molecule has 0 saturated carbocycles. The normalized spacial score (nSPS) is 11.1. The van der Waals surface area contributed by atoms with Gasteiger partial charge in [0.2, 0.25) is 0 Å². The molecule has 0 unspecified atom stereocenters. The van der Waals surface area contributed by atoms with E-state index in [9.17, 15) is 0 Å². The SMILES string of the molecule is Cc1nc2c(C)c(C)c(C)nc2c(C)c1C. The summed E-state index contributed by atoms with van der Waals surface area (Å²) in [5.74, 6) is 0. The third kappa shape index (κ3) is 1.41. The largest absolute Gasteiger partial charge is 0.251 e. The lowest BCUT2D eigenvalue weighted by Gasteiger charge is -2.13. The van der Waals surface area contributed by atoms with Crippen molar-refractivity contribution >= 4 is 11.0 Å². The smallest absolute Gasteiger partial charge is 0.0924 e. The van der Waals surface area contributed by atoms with Gasteiger partial charge in [-0.15, -0.1) is 0 Å². The van der Waals surface area contributed by atoms with Crippen molar-refractivity contribution in [2.75, 3.05) is 0 Å². The van der Waals surface area contributed by atoms with Crippen LogP contribution in [0.5, 0.6) is 0 Å². The molecule has 0 spiro atoms. The molecule has 0 saturated heterocycles. The monoisotopic (exact) mass is 214 g/mol. The van der Waals surface area contributed by atoms with Gasteiger partial charge in [-0.05, 0) is 63.8 Å². The van der Waals surface area contributed by atoms with Crippen LogP contribution in [0.1, 0.15) is 33.6 Å². The minimum atomic E-state index is 1.06. The fourth-order valence-electron chi connectivity index (χ4n) is 2.03. The molecule has 0 aromatic carbocycles. The van der Waals surface area contributed by atoms with Crippen LogP contribution in [0, 0.1) is 41.5 Å². The van der Waals surface area contributed by atoms with Gasteiger partial charge in [-0.3, -0.25) is 9.97 Å². The first-order valence-corrected chi connectivity index (χ1v) is 5.64. The minimum Gasteiger partial charge on any atom is -0.251 e. The molecule has 2 aromatic heterocycles. The van der Waals surface area contributed by atoms with Crippen LogP contribution < -0.4 is 0 Å². The number of fused-ring (bicyclic) bond motifs is 1. The van der Waals surface area contributed by atoms with Gasteiger partial charge in [0, 0.05) is 11.4 Å². The topological polar surface area (TPSA) is 25.8 Å². The Labute approximate surface area is 96.7 Å². The van der Waals surface area contributed by atoms with E-state index in [0.29, 0.717) is 0 Å². The molecule has 0 aliphatic heterocycles. The van der Waals surface area contributed by atoms with Crippen LogP contribution in [0.15, 0.2) is 0 Å².